The Kier molecular flexibility index (Phi) is 3.60. The van der Waals surface area contributed by atoms with Crippen molar-refractivity contribution in [2.45, 2.75) is 45.4 Å². The van der Waals surface area contributed by atoms with Crippen LogP contribution in [0.2, 0.25) is 0 Å². The van der Waals surface area contributed by atoms with Crippen molar-refractivity contribution in [2.75, 3.05) is 0 Å². The molecule has 0 aromatic carbocycles. The zero-order chi connectivity index (χ0) is 11.4. The van der Waals surface area contributed by atoms with Gasteiger partial charge in [-0.05, 0) is 25.0 Å². The van der Waals surface area contributed by atoms with Crippen molar-refractivity contribution in [1.82, 2.24) is 9.38 Å². The largest absolute Gasteiger partial charge is 0.307 e. The molecule has 0 unspecified atom stereocenters. The average Bonchev–Trinajstić information content (AvgIpc) is 2.72. The van der Waals surface area contributed by atoms with Crippen LogP contribution in [0.15, 0.2) is 30.6 Å². The molecule has 2 aromatic rings. The minimum absolute atomic E-state index is 0.634. The topological polar surface area (TPSA) is 17.3 Å². The second-order valence-electron chi connectivity index (χ2n) is 4.41. The van der Waals surface area contributed by atoms with Gasteiger partial charge in [0.2, 0.25) is 0 Å². The van der Waals surface area contributed by atoms with Crippen LogP contribution in [0.4, 0.5) is 0 Å². The van der Waals surface area contributed by atoms with Crippen LogP contribution < -0.4 is 0 Å². The molecular weight excluding hydrogens is 196 g/mol. The van der Waals surface area contributed by atoms with E-state index in [-0.39, 0.29) is 0 Å². The van der Waals surface area contributed by atoms with Crippen LogP contribution in [0.5, 0.6) is 0 Å². The van der Waals surface area contributed by atoms with E-state index in [2.05, 4.69) is 36.7 Å². The van der Waals surface area contributed by atoms with Gasteiger partial charge >= 0.3 is 0 Å². The van der Waals surface area contributed by atoms with Gasteiger partial charge in [-0.1, -0.05) is 32.8 Å². The first-order valence-electron chi connectivity index (χ1n) is 6.28. The van der Waals surface area contributed by atoms with Gasteiger partial charge < -0.3 is 4.40 Å². The van der Waals surface area contributed by atoms with Crippen LogP contribution in [0.25, 0.3) is 5.65 Å². The fraction of sp³-hybridized carbons (Fsp3) is 0.500. The number of rotatable bonds is 5. The third kappa shape index (κ3) is 2.26. The van der Waals surface area contributed by atoms with Gasteiger partial charge in [0.1, 0.15) is 5.65 Å². The summed E-state index contributed by atoms with van der Waals surface area (Å²) < 4.78 is 2.12. The second-order valence-corrected chi connectivity index (χ2v) is 4.41. The van der Waals surface area contributed by atoms with Crippen molar-refractivity contribution < 1.29 is 0 Å². The summed E-state index contributed by atoms with van der Waals surface area (Å²) in [5, 5.41) is 0. The van der Waals surface area contributed by atoms with Crippen molar-refractivity contribution in [1.29, 1.82) is 0 Å². The lowest BCUT2D eigenvalue weighted by Gasteiger charge is -2.11. The van der Waals surface area contributed by atoms with E-state index in [1.807, 2.05) is 12.1 Å². The summed E-state index contributed by atoms with van der Waals surface area (Å²) in [5.74, 6) is 0.634. The maximum absolute atomic E-state index is 4.71. The second kappa shape index (κ2) is 5.15. The van der Waals surface area contributed by atoms with Crippen molar-refractivity contribution in [2.24, 2.45) is 0 Å². The highest BCUT2D eigenvalue weighted by atomic mass is 15.0. The molecule has 0 aliphatic carbocycles. The smallest absolute Gasteiger partial charge is 0.136 e. The fourth-order valence-corrected chi connectivity index (χ4v) is 2.29. The number of hydrogen-bond acceptors (Lipinski definition) is 1. The third-order valence-corrected chi connectivity index (χ3v) is 3.08. The Morgan fingerprint density at radius 1 is 1.19 bits per heavy atom. The molecule has 16 heavy (non-hydrogen) atoms. The molecule has 0 fully saturated rings. The zero-order valence-electron chi connectivity index (χ0n) is 10.2. The third-order valence-electron chi connectivity index (χ3n) is 3.08. The Hall–Kier alpha value is -1.31. The summed E-state index contributed by atoms with van der Waals surface area (Å²) in [5.41, 5.74) is 2.32. The van der Waals surface area contributed by atoms with E-state index < -0.39 is 0 Å². The van der Waals surface area contributed by atoms with Gasteiger partial charge in [-0.2, -0.15) is 0 Å². The summed E-state index contributed by atoms with van der Waals surface area (Å²) in [7, 11) is 0. The summed E-state index contributed by atoms with van der Waals surface area (Å²) >= 11 is 0. The van der Waals surface area contributed by atoms with Gasteiger partial charge in [-0.15, -0.1) is 0 Å². The summed E-state index contributed by atoms with van der Waals surface area (Å²) in [6.07, 6.45) is 9.22. The summed E-state index contributed by atoms with van der Waals surface area (Å²) in [6.45, 7) is 4.50. The molecule has 2 nitrogen and oxygen atoms in total. The number of pyridine rings is 1. The first-order chi connectivity index (χ1) is 7.85. The highest BCUT2D eigenvalue weighted by molar-refractivity contribution is 5.40. The molecule has 0 aliphatic heterocycles. The number of nitrogens with zero attached hydrogens (tertiary/aromatic N) is 2. The maximum Gasteiger partial charge on any atom is 0.136 e. The van der Waals surface area contributed by atoms with Crippen molar-refractivity contribution >= 4 is 5.65 Å². The van der Waals surface area contributed by atoms with Gasteiger partial charge in [-0.3, -0.25) is 0 Å². The van der Waals surface area contributed by atoms with Crippen LogP contribution in [0.1, 0.15) is 51.1 Å². The molecule has 0 atom stereocenters. The van der Waals surface area contributed by atoms with Crippen LogP contribution in [0.3, 0.4) is 0 Å². The van der Waals surface area contributed by atoms with Gasteiger partial charge in [0.05, 0.1) is 5.69 Å². The van der Waals surface area contributed by atoms with E-state index in [0.717, 1.165) is 5.65 Å². The SMILES string of the molecule is CCCC(CCC)c1cn2ccccc2n1. The maximum atomic E-state index is 4.71. The van der Waals surface area contributed by atoms with Crippen LogP contribution in [-0.2, 0) is 0 Å². The Bertz CT molecular complexity index is 406. The minimum atomic E-state index is 0.634. The molecule has 0 saturated carbocycles. The molecule has 2 rings (SSSR count). The highest BCUT2D eigenvalue weighted by Gasteiger charge is 2.13. The molecule has 0 aliphatic rings. The number of imidazole rings is 1. The van der Waals surface area contributed by atoms with E-state index >= 15 is 0 Å². The van der Waals surface area contributed by atoms with Gasteiger partial charge in [0, 0.05) is 18.3 Å². The molecular formula is C14H20N2. The number of fused-ring (bicyclic) bond motifs is 1. The average molecular weight is 216 g/mol. The predicted octanol–water partition coefficient (Wildman–Crippen LogP) is 4.02. The Morgan fingerprint density at radius 2 is 1.94 bits per heavy atom. The lowest BCUT2D eigenvalue weighted by Crippen LogP contribution is -1.98. The Morgan fingerprint density at radius 3 is 2.56 bits per heavy atom. The molecule has 2 aromatic heterocycles. The van der Waals surface area contributed by atoms with Crippen molar-refractivity contribution in [3.63, 3.8) is 0 Å². The molecule has 0 saturated heterocycles. The molecule has 86 valence electrons. The van der Waals surface area contributed by atoms with Gasteiger partial charge in [0.15, 0.2) is 0 Å². The van der Waals surface area contributed by atoms with E-state index in [1.54, 1.807) is 0 Å². The summed E-state index contributed by atoms with van der Waals surface area (Å²) in [6, 6.07) is 6.16. The lowest BCUT2D eigenvalue weighted by atomic mass is 9.95. The normalized spacial score (nSPS) is 11.4. The van der Waals surface area contributed by atoms with Crippen LogP contribution in [0, 0.1) is 0 Å². The van der Waals surface area contributed by atoms with E-state index in [1.165, 1.54) is 31.4 Å². The number of aromatic nitrogens is 2. The predicted molar refractivity (Wildman–Crippen MR) is 67.7 cm³/mol. The molecule has 2 heterocycles. The van der Waals surface area contributed by atoms with E-state index in [4.69, 9.17) is 4.98 Å². The molecule has 0 amide bonds. The van der Waals surface area contributed by atoms with Gasteiger partial charge in [-0.25, -0.2) is 4.98 Å². The van der Waals surface area contributed by atoms with Crippen LogP contribution in [-0.4, -0.2) is 9.38 Å². The van der Waals surface area contributed by atoms with E-state index in [0.29, 0.717) is 5.92 Å². The standard InChI is InChI=1S/C14H20N2/c1-3-7-12(8-4-2)13-11-16-10-6-5-9-14(16)15-13/h5-6,9-12H,3-4,7-8H2,1-2H3. The molecule has 0 bridgehead atoms. The first kappa shape index (κ1) is 11.2. The molecule has 0 N–H and O–H groups in total. The first-order valence-corrected chi connectivity index (χ1v) is 6.28. The molecule has 0 radical (unpaired) electrons. The fourth-order valence-electron chi connectivity index (χ4n) is 2.29. The van der Waals surface area contributed by atoms with Crippen molar-refractivity contribution in [3.05, 3.63) is 36.3 Å². The van der Waals surface area contributed by atoms with Crippen LogP contribution >= 0.6 is 0 Å². The minimum Gasteiger partial charge on any atom is -0.307 e. The van der Waals surface area contributed by atoms with E-state index in [9.17, 15) is 0 Å². The Labute approximate surface area is 97.3 Å². The Balaban J connectivity index is 2.29. The van der Waals surface area contributed by atoms with Crippen molar-refractivity contribution in [3.8, 4) is 0 Å². The molecule has 0 spiro atoms. The quantitative estimate of drug-likeness (QED) is 0.738. The van der Waals surface area contributed by atoms with Gasteiger partial charge in [0.25, 0.3) is 0 Å². The monoisotopic (exact) mass is 216 g/mol. The zero-order valence-corrected chi connectivity index (χ0v) is 10.2. The number of hydrogen-bond donors (Lipinski definition) is 0. The molecule has 2 heteroatoms. The highest BCUT2D eigenvalue weighted by Crippen LogP contribution is 2.25. The summed E-state index contributed by atoms with van der Waals surface area (Å²) in [4.78, 5) is 4.71. The lowest BCUT2D eigenvalue weighted by molar-refractivity contribution is 0.551.